The Morgan fingerprint density at radius 2 is 1.71 bits per heavy atom. The van der Waals surface area contributed by atoms with Gasteiger partial charge in [-0.1, -0.05) is 35.0 Å². The molecule has 21 heavy (non-hydrogen) atoms. The number of hydrogen-bond donors (Lipinski definition) is 1. The van der Waals surface area contributed by atoms with Gasteiger partial charge in [0.05, 0.1) is 0 Å². The van der Waals surface area contributed by atoms with E-state index in [1.165, 1.54) is 5.56 Å². The van der Waals surface area contributed by atoms with Crippen LogP contribution >= 0.6 is 31.9 Å². The molecule has 0 saturated carbocycles. The predicted molar refractivity (Wildman–Crippen MR) is 95.6 cm³/mol. The van der Waals surface area contributed by atoms with Crippen LogP contribution in [0.1, 0.15) is 24.6 Å². The summed E-state index contributed by atoms with van der Waals surface area (Å²) in [6.07, 6.45) is 4.98. The lowest BCUT2D eigenvalue weighted by Gasteiger charge is -2.18. The molecule has 2 rings (SSSR count). The highest BCUT2D eigenvalue weighted by atomic mass is 79.9. The molecule has 112 valence electrons. The third-order valence-electron chi connectivity index (χ3n) is 3.32. The number of halogens is 2. The Kier molecular flexibility index (Phi) is 6.87. The monoisotopic (exact) mass is 410 g/mol. The zero-order valence-corrected chi connectivity index (χ0v) is 15.3. The summed E-state index contributed by atoms with van der Waals surface area (Å²) >= 11 is 6.92. The molecule has 1 unspecified atom stereocenters. The van der Waals surface area contributed by atoms with Crippen molar-refractivity contribution < 1.29 is 0 Å². The van der Waals surface area contributed by atoms with Crippen LogP contribution in [0, 0.1) is 0 Å². The second-order valence-electron chi connectivity index (χ2n) is 5.15. The van der Waals surface area contributed by atoms with Crippen molar-refractivity contribution in [3.05, 3.63) is 62.8 Å². The van der Waals surface area contributed by atoms with Gasteiger partial charge in [-0.15, -0.1) is 0 Å². The average molecular weight is 412 g/mol. The van der Waals surface area contributed by atoms with Crippen molar-refractivity contribution in [3.63, 3.8) is 0 Å². The molecule has 0 aliphatic heterocycles. The standard InChI is InChI=1S/C17H20Br2N2/c1-2-9-20-17(10-13-3-5-14(18)6-4-13)11-16-8-7-15(19)12-21-16/h3-8,12,17,20H,2,9-11H2,1H3. The van der Waals surface area contributed by atoms with E-state index in [0.29, 0.717) is 6.04 Å². The summed E-state index contributed by atoms with van der Waals surface area (Å²) in [6, 6.07) is 13.1. The van der Waals surface area contributed by atoms with Gasteiger partial charge in [0.1, 0.15) is 0 Å². The van der Waals surface area contributed by atoms with Gasteiger partial charge in [0.25, 0.3) is 0 Å². The SMILES string of the molecule is CCCNC(Cc1ccc(Br)cc1)Cc1ccc(Br)cn1. The maximum absolute atomic E-state index is 4.49. The van der Waals surface area contributed by atoms with E-state index in [1.807, 2.05) is 6.20 Å². The van der Waals surface area contributed by atoms with Crippen LogP contribution in [-0.2, 0) is 12.8 Å². The molecule has 2 aromatic rings. The first kappa shape index (κ1) is 16.7. The fraction of sp³-hybridized carbons (Fsp3) is 0.353. The maximum atomic E-state index is 4.49. The highest BCUT2D eigenvalue weighted by molar-refractivity contribution is 9.10. The first-order valence-electron chi connectivity index (χ1n) is 7.25. The molecule has 1 aromatic heterocycles. The molecule has 0 aliphatic rings. The van der Waals surface area contributed by atoms with Gasteiger partial charge < -0.3 is 5.32 Å². The van der Waals surface area contributed by atoms with E-state index in [1.54, 1.807) is 0 Å². The van der Waals surface area contributed by atoms with Crippen LogP contribution in [-0.4, -0.2) is 17.6 Å². The minimum absolute atomic E-state index is 0.416. The highest BCUT2D eigenvalue weighted by Gasteiger charge is 2.11. The summed E-state index contributed by atoms with van der Waals surface area (Å²) in [5, 5.41) is 3.63. The molecule has 0 bridgehead atoms. The van der Waals surface area contributed by atoms with Gasteiger partial charge in [-0.05, 0) is 65.1 Å². The van der Waals surface area contributed by atoms with Crippen molar-refractivity contribution in [3.8, 4) is 0 Å². The van der Waals surface area contributed by atoms with Crippen molar-refractivity contribution in [2.24, 2.45) is 0 Å². The molecule has 0 radical (unpaired) electrons. The number of aromatic nitrogens is 1. The van der Waals surface area contributed by atoms with Gasteiger partial charge in [-0.3, -0.25) is 4.98 Å². The van der Waals surface area contributed by atoms with Crippen molar-refractivity contribution in [1.29, 1.82) is 0 Å². The van der Waals surface area contributed by atoms with E-state index in [0.717, 1.165) is 40.4 Å². The minimum atomic E-state index is 0.416. The van der Waals surface area contributed by atoms with E-state index in [4.69, 9.17) is 0 Å². The minimum Gasteiger partial charge on any atom is -0.313 e. The van der Waals surface area contributed by atoms with Crippen LogP contribution in [0.3, 0.4) is 0 Å². The Labute approximate surface area is 143 Å². The molecular formula is C17H20Br2N2. The van der Waals surface area contributed by atoms with Gasteiger partial charge >= 0.3 is 0 Å². The smallest absolute Gasteiger partial charge is 0.0420 e. The quantitative estimate of drug-likeness (QED) is 0.710. The topological polar surface area (TPSA) is 24.9 Å². The number of rotatable bonds is 7. The molecule has 0 aliphatic carbocycles. The Morgan fingerprint density at radius 3 is 2.33 bits per heavy atom. The number of hydrogen-bond acceptors (Lipinski definition) is 2. The first-order valence-corrected chi connectivity index (χ1v) is 8.84. The summed E-state index contributed by atoms with van der Waals surface area (Å²) in [7, 11) is 0. The van der Waals surface area contributed by atoms with Crippen LogP contribution in [0.5, 0.6) is 0 Å². The molecule has 1 atom stereocenters. The fourth-order valence-electron chi connectivity index (χ4n) is 2.25. The zero-order valence-electron chi connectivity index (χ0n) is 12.2. The molecule has 0 amide bonds. The Morgan fingerprint density at radius 1 is 1.00 bits per heavy atom. The molecular weight excluding hydrogens is 392 g/mol. The molecule has 0 spiro atoms. The van der Waals surface area contributed by atoms with Gasteiger partial charge in [0.15, 0.2) is 0 Å². The molecule has 4 heteroatoms. The van der Waals surface area contributed by atoms with Crippen molar-refractivity contribution >= 4 is 31.9 Å². The maximum Gasteiger partial charge on any atom is 0.0420 e. The molecule has 1 heterocycles. The second kappa shape index (κ2) is 8.66. The molecule has 1 N–H and O–H groups in total. The van der Waals surface area contributed by atoms with E-state index in [9.17, 15) is 0 Å². The second-order valence-corrected chi connectivity index (χ2v) is 6.98. The van der Waals surface area contributed by atoms with E-state index in [2.05, 4.69) is 85.5 Å². The molecule has 0 fully saturated rings. The number of nitrogens with one attached hydrogen (secondary N) is 1. The van der Waals surface area contributed by atoms with E-state index >= 15 is 0 Å². The molecule has 0 saturated heterocycles. The largest absolute Gasteiger partial charge is 0.313 e. The zero-order chi connectivity index (χ0) is 15.1. The lowest BCUT2D eigenvalue weighted by Crippen LogP contribution is -2.34. The Hall–Kier alpha value is -0.710. The lowest BCUT2D eigenvalue weighted by molar-refractivity contribution is 0.500. The third kappa shape index (κ3) is 5.89. The van der Waals surface area contributed by atoms with Crippen LogP contribution in [0.15, 0.2) is 51.5 Å². The summed E-state index contributed by atoms with van der Waals surface area (Å²) in [6.45, 7) is 3.24. The van der Waals surface area contributed by atoms with Crippen LogP contribution in [0.2, 0.25) is 0 Å². The average Bonchev–Trinajstić information content (AvgIpc) is 2.49. The van der Waals surface area contributed by atoms with E-state index in [-0.39, 0.29) is 0 Å². The number of benzene rings is 1. The van der Waals surface area contributed by atoms with Crippen molar-refractivity contribution in [2.75, 3.05) is 6.54 Å². The van der Waals surface area contributed by atoms with Gasteiger partial charge in [-0.25, -0.2) is 0 Å². The normalized spacial score (nSPS) is 12.3. The summed E-state index contributed by atoms with van der Waals surface area (Å²) in [4.78, 5) is 4.49. The first-order chi connectivity index (χ1) is 10.2. The molecule has 2 nitrogen and oxygen atoms in total. The van der Waals surface area contributed by atoms with E-state index < -0.39 is 0 Å². The predicted octanol–water partition coefficient (Wildman–Crippen LogP) is 4.76. The van der Waals surface area contributed by atoms with Crippen LogP contribution < -0.4 is 5.32 Å². The summed E-state index contributed by atoms with van der Waals surface area (Å²) in [5.41, 5.74) is 2.48. The summed E-state index contributed by atoms with van der Waals surface area (Å²) in [5.74, 6) is 0. The van der Waals surface area contributed by atoms with Gasteiger partial charge in [-0.2, -0.15) is 0 Å². The molecule has 1 aromatic carbocycles. The van der Waals surface area contributed by atoms with Gasteiger partial charge in [0.2, 0.25) is 0 Å². The third-order valence-corrected chi connectivity index (χ3v) is 4.32. The van der Waals surface area contributed by atoms with Crippen molar-refractivity contribution in [2.45, 2.75) is 32.2 Å². The lowest BCUT2D eigenvalue weighted by atomic mass is 10.0. The number of pyridine rings is 1. The number of nitrogens with zero attached hydrogens (tertiary/aromatic N) is 1. The van der Waals surface area contributed by atoms with Gasteiger partial charge in [0, 0.05) is 33.3 Å². The fourth-order valence-corrected chi connectivity index (χ4v) is 2.75. The van der Waals surface area contributed by atoms with Crippen LogP contribution in [0.4, 0.5) is 0 Å². The Bertz CT molecular complexity index is 490. The summed E-state index contributed by atoms with van der Waals surface area (Å²) < 4.78 is 2.15. The Balaban J connectivity index is 2.02. The van der Waals surface area contributed by atoms with Crippen LogP contribution in [0.25, 0.3) is 0 Å². The van der Waals surface area contributed by atoms with Crippen molar-refractivity contribution in [1.82, 2.24) is 10.3 Å². The highest BCUT2D eigenvalue weighted by Crippen LogP contribution is 2.14.